The van der Waals surface area contributed by atoms with Crippen molar-refractivity contribution in [2.45, 2.75) is 20.3 Å². The molecule has 0 N–H and O–H groups in total. The topological polar surface area (TPSA) is 91.1 Å². The van der Waals surface area contributed by atoms with E-state index in [4.69, 9.17) is 0 Å². The third-order valence-corrected chi connectivity index (χ3v) is 0.498. The van der Waals surface area contributed by atoms with E-state index >= 15 is 0 Å². The van der Waals surface area contributed by atoms with Crippen LogP contribution in [0.3, 0.4) is 0 Å². The summed E-state index contributed by atoms with van der Waals surface area (Å²) < 4.78 is 0. The van der Waals surface area contributed by atoms with Crippen molar-refractivity contribution < 1.29 is 42.3 Å². The number of hydrogen-bond donors (Lipinski definition) is 0. The molecule has 0 bridgehead atoms. The molecule has 0 fully saturated rings. The van der Waals surface area contributed by atoms with E-state index in [0.29, 0.717) is 0 Å². The van der Waals surface area contributed by atoms with E-state index in [1.807, 2.05) is 0 Å². The molecule has 0 aromatic carbocycles. The van der Waals surface area contributed by atoms with Crippen LogP contribution in [0.5, 0.6) is 0 Å². The van der Waals surface area contributed by atoms with Gasteiger partial charge in [-0.3, -0.25) is 9.59 Å². The molecular weight excluding hydrogens is 172 g/mol. The van der Waals surface area contributed by atoms with Crippen LogP contribution in [0.15, 0.2) is 0 Å². The van der Waals surface area contributed by atoms with Crippen LogP contribution in [-0.4, -0.2) is 11.6 Å². The third-order valence-electron chi connectivity index (χ3n) is 0.498. The van der Waals surface area contributed by atoms with Crippen LogP contribution in [0.25, 0.3) is 0 Å². The molecule has 0 radical (unpaired) electrons. The third kappa shape index (κ3) is 24.6. The second kappa shape index (κ2) is 11.7. The van der Waals surface area contributed by atoms with Gasteiger partial charge in [-0.25, -0.2) is 0 Å². The van der Waals surface area contributed by atoms with Crippen molar-refractivity contribution in [2.75, 3.05) is 0 Å². The zero-order valence-corrected chi connectivity index (χ0v) is 7.40. The first-order valence-corrected chi connectivity index (χ1v) is 2.12. The van der Waals surface area contributed by atoms with Crippen LogP contribution in [0.4, 0.5) is 0 Å². The Labute approximate surface area is 74.5 Å². The van der Waals surface area contributed by atoms with Gasteiger partial charge >= 0.3 is 21.7 Å². The molecule has 0 aromatic heterocycles. The maximum atomic E-state index is 10.0. The minimum absolute atomic E-state index is 0. The second-order valence-corrected chi connectivity index (χ2v) is 1.58. The Kier molecular flexibility index (Phi) is 26.4. The van der Waals surface area contributed by atoms with E-state index in [2.05, 4.69) is 0 Å². The van der Waals surface area contributed by atoms with Gasteiger partial charge in [0.15, 0.2) is 0 Å². The Morgan fingerprint density at radius 3 is 1.20 bits per heavy atom. The number of rotatable bonds is 2. The van der Waals surface area contributed by atoms with Crippen LogP contribution in [-0.2, 0) is 42.3 Å². The zero-order chi connectivity index (χ0) is 5.86. The molecular formula is C5H8O4Ti. The molecule has 0 saturated heterocycles. The standard InChI is InChI=1S/C5H8O2.2O.Ti/c1-4(6)3-5(2)7;;;/h3H2,1-2H3;;;/q;2*-2;+4. The van der Waals surface area contributed by atoms with Crippen molar-refractivity contribution in [3.8, 4) is 0 Å². The van der Waals surface area contributed by atoms with Crippen molar-refractivity contribution in [1.82, 2.24) is 0 Å². The molecule has 56 valence electrons. The molecule has 10 heavy (non-hydrogen) atoms. The van der Waals surface area contributed by atoms with E-state index in [1.54, 1.807) is 0 Å². The molecule has 0 aliphatic carbocycles. The first kappa shape index (κ1) is 22.5. The van der Waals surface area contributed by atoms with Crippen molar-refractivity contribution in [3.05, 3.63) is 0 Å². The summed E-state index contributed by atoms with van der Waals surface area (Å²) in [6, 6.07) is 0. The average Bonchev–Trinajstić information content (AvgIpc) is 1.27. The summed E-state index contributed by atoms with van der Waals surface area (Å²) in [6.45, 7) is 2.81. The quantitative estimate of drug-likeness (QED) is 0.451. The maximum absolute atomic E-state index is 10.0. The normalized spacial score (nSPS) is 5.80. The molecule has 0 saturated carbocycles. The first-order chi connectivity index (χ1) is 3.13. The summed E-state index contributed by atoms with van der Waals surface area (Å²) >= 11 is 0. The molecule has 0 rings (SSSR count). The number of ketones is 2. The van der Waals surface area contributed by atoms with E-state index < -0.39 is 0 Å². The molecule has 0 amide bonds. The van der Waals surface area contributed by atoms with Crippen LogP contribution >= 0.6 is 0 Å². The summed E-state index contributed by atoms with van der Waals surface area (Å²) in [5.41, 5.74) is 0. The minimum atomic E-state index is -0.0625. The fourth-order valence-corrected chi connectivity index (χ4v) is 0.351. The number of carbonyl (C=O) groups is 2. The minimum Gasteiger partial charge on any atom is -2.00 e. The van der Waals surface area contributed by atoms with Crippen molar-refractivity contribution >= 4 is 11.6 Å². The SMILES string of the molecule is CC(=O)CC(C)=O.[O-2].[O-2].[Ti+4]. The second-order valence-electron chi connectivity index (χ2n) is 1.58. The fourth-order valence-electron chi connectivity index (χ4n) is 0.351. The molecule has 0 aromatic rings. The number of carbonyl (C=O) groups excluding carboxylic acids is 2. The van der Waals surface area contributed by atoms with Crippen molar-refractivity contribution in [2.24, 2.45) is 0 Å². The predicted molar refractivity (Wildman–Crippen MR) is 27.4 cm³/mol. The molecule has 0 heterocycles. The largest absolute Gasteiger partial charge is 4.00 e. The summed E-state index contributed by atoms with van der Waals surface area (Å²) in [6.07, 6.45) is 0.0833. The Morgan fingerprint density at radius 2 is 1.20 bits per heavy atom. The first-order valence-electron chi connectivity index (χ1n) is 2.12. The molecule has 4 nitrogen and oxygen atoms in total. The van der Waals surface area contributed by atoms with Gasteiger partial charge in [0.25, 0.3) is 0 Å². The Bertz CT molecular complexity index is 89.8. The van der Waals surface area contributed by atoms with Gasteiger partial charge in [-0.05, 0) is 13.8 Å². The predicted octanol–water partition coefficient (Wildman–Crippen LogP) is 0.314. The molecule has 0 spiro atoms. The fraction of sp³-hybridized carbons (Fsp3) is 0.600. The van der Waals surface area contributed by atoms with Crippen LogP contribution in [0.2, 0.25) is 0 Å². The van der Waals surface area contributed by atoms with Gasteiger partial charge in [-0.15, -0.1) is 0 Å². The Hall–Kier alpha value is -0.0257. The number of Topliss-reactive ketones (excluding diaryl/α,β-unsaturated/α-hetero) is 2. The maximum Gasteiger partial charge on any atom is 4.00 e. The molecule has 0 unspecified atom stereocenters. The monoisotopic (exact) mass is 180 g/mol. The van der Waals surface area contributed by atoms with Gasteiger partial charge in [0.05, 0.1) is 6.42 Å². The van der Waals surface area contributed by atoms with E-state index in [9.17, 15) is 9.59 Å². The number of hydrogen-bond acceptors (Lipinski definition) is 2. The smallest absolute Gasteiger partial charge is 2.00 e. The van der Waals surface area contributed by atoms with Crippen molar-refractivity contribution in [1.29, 1.82) is 0 Å². The van der Waals surface area contributed by atoms with E-state index in [1.165, 1.54) is 13.8 Å². The van der Waals surface area contributed by atoms with Gasteiger partial charge in [0.1, 0.15) is 11.6 Å². The van der Waals surface area contributed by atoms with Crippen molar-refractivity contribution in [3.63, 3.8) is 0 Å². The molecule has 0 aliphatic heterocycles. The Balaban J connectivity index is -0.0000000600. The van der Waals surface area contributed by atoms with Gasteiger partial charge in [-0.2, -0.15) is 0 Å². The Morgan fingerprint density at radius 1 is 1.00 bits per heavy atom. The van der Waals surface area contributed by atoms with Gasteiger partial charge in [-0.1, -0.05) is 0 Å². The summed E-state index contributed by atoms with van der Waals surface area (Å²) in [7, 11) is 0. The van der Waals surface area contributed by atoms with E-state index in [-0.39, 0.29) is 50.7 Å². The summed E-state index contributed by atoms with van der Waals surface area (Å²) in [5.74, 6) is -0.125. The summed E-state index contributed by atoms with van der Waals surface area (Å²) in [4.78, 5) is 20.1. The van der Waals surface area contributed by atoms with Gasteiger partial charge in [0.2, 0.25) is 0 Å². The van der Waals surface area contributed by atoms with Crippen LogP contribution < -0.4 is 0 Å². The molecule has 0 atom stereocenters. The molecule has 5 heteroatoms. The molecule has 0 aliphatic rings. The van der Waals surface area contributed by atoms with Crippen LogP contribution in [0, 0.1) is 0 Å². The average molecular weight is 180 g/mol. The van der Waals surface area contributed by atoms with E-state index in [0.717, 1.165) is 0 Å². The van der Waals surface area contributed by atoms with Crippen LogP contribution in [0.1, 0.15) is 20.3 Å². The zero-order valence-electron chi connectivity index (χ0n) is 5.84. The summed E-state index contributed by atoms with van der Waals surface area (Å²) in [5, 5.41) is 0. The van der Waals surface area contributed by atoms with Gasteiger partial charge < -0.3 is 11.0 Å². The van der Waals surface area contributed by atoms with Gasteiger partial charge in [0, 0.05) is 0 Å².